The molecule has 1 aliphatic rings. The van der Waals surface area contributed by atoms with Crippen LogP contribution >= 0.6 is 0 Å². The Morgan fingerprint density at radius 2 is 0.745 bits per heavy atom. The van der Waals surface area contributed by atoms with Crippen molar-refractivity contribution in [3.63, 3.8) is 0 Å². The van der Waals surface area contributed by atoms with Gasteiger partial charge in [-0.1, -0.05) is 0 Å². The monoisotopic (exact) mass is 749 g/mol. The number of nitrogens with one attached hydrogen (secondary N) is 2. The average molecular weight is 750 g/mol. The summed E-state index contributed by atoms with van der Waals surface area (Å²) in [6.45, 7) is 0. The summed E-state index contributed by atoms with van der Waals surface area (Å²) in [5.41, 5.74) is 122. The van der Waals surface area contributed by atoms with Crippen molar-refractivity contribution in [2.75, 3.05) is 103 Å². The van der Waals surface area contributed by atoms with E-state index in [0.29, 0.717) is 56.1 Å². The van der Waals surface area contributed by atoms with E-state index in [9.17, 15) is 0 Å². The van der Waals surface area contributed by atoms with Crippen LogP contribution in [0, 0.1) is 0 Å². The van der Waals surface area contributed by atoms with Gasteiger partial charge in [-0.15, -0.1) is 0 Å². The molecule has 5 aromatic rings. The molecule has 1 saturated carbocycles. The Balaban J connectivity index is 1.19. The number of benzene rings is 5. The molecule has 0 unspecified atom stereocenters. The van der Waals surface area contributed by atoms with E-state index in [0.717, 1.165) is 31.2 Å². The van der Waals surface area contributed by atoms with Crippen LogP contribution in [0.3, 0.4) is 0 Å². The van der Waals surface area contributed by atoms with Crippen molar-refractivity contribution in [2.24, 2.45) is 0 Å². The molecule has 290 valence electrons. The maximum atomic E-state index is 6.61. The fourth-order valence-corrected chi connectivity index (χ4v) is 7.49. The lowest BCUT2D eigenvalue weighted by molar-refractivity contribution is 0.358. The summed E-state index contributed by atoms with van der Waals surface area (Å²) in [5, 5.41) is 0. The van der Waals surface area contributed by atoms with Gasteiger partial charge >= 0.3 is 0 Å². The zero-order valence-corrected chi connectivity index (χ0v) is 30.2. The van der Waals surface area contributed by atoms with Gasteiger partial charge in [0.1, 0.15) is 0 Å². The largest absolute Gasteiger partial charge is 0.398 e. The molecule has 0 heterocycles. The molecule has 19 nitrogen and oxygen atoms in total. The molecule has 1 aliphatic carbocycles. The van der Waals surface area contributed by atoms with Gasteiger partial charge in [0.05, 0.1) is 85.3 Å². The molecule has 0 bridgehead atoms. The molecule has 0 saturated heterocycles. The fourth-order valence-electron chi connectivity index (χ4n) is 7.49. The third kappa shape index (κ3) is 6.03. The van der Waals surface area contributed by atoms with Crippen LogP contribution in [0.5, 0.6) is 0 Å². The zero-order valence-electron chi connectivity index (χ0n) is 30.2. The first kappa shape index (κ1) is 37.2. The minimum Gasteiger partial charge on any atom is -0.398 e. The molecule has 0 aliphatic heterocycles. The molecule has 0 amide bonds. The number of hydrazine groups is 1. The SMILES string of the molecule is Nc1cc(-c2c(N)cc(C3CCC(NNc4c(N)cc(-c5c(N)cc(-c6c(N)cc(N)c(N)c6N)c(N)c5N)c(N)c4N)CC3)c(N)c2N)c(N)c(N)c1N. The second kappa shape index (κ2) is 13.5. The van der Waals surface area contributed by atoms with Crippen molar-refractivity contribution in [3.8, 4) is 33.4 Å². The first-order valence-electron chi connectivity index (χ1n) is 17.3. The van der Waals surface area contributed by atoms with Gasteiger partial charge in [-0.2, -0.15) is 0 Å². The van der Waals surface area contributed by atoms with Crippen LogP contribution in [0.25, 0.3) is 33.4 Å². The maximum absolute atomic E-state index is 6.61. The molecule has 36 N–H and O–H groups in total. The smallest absolute Gasteiger partial charge is 0.0973 e. The molecule has 0 atom stereocenters. The summed E-state index contributed by atoms with van der Waals surface area (Å²) < 4.78 is 0. The van der Waals surface area contributed by atoms with E-state index in [1.165, 1.54) is 6.07 Å². The molecule has 55 heavy (non-hydrogen) atoms. The number of nitrogen functional groups attached to an aromatic ring is 17. The summed E-state index contributed by atoms with van der Waals surface area (Å²) in [6, 6.07) is 8.18. The average Bonchev–Trinajstić information content (AvgIpc) is 3.14. The number of nitrogens with two attached hydrogens (primary N) is 17. The molecular weight excluding hydrogens is 699 g/mol. The van der Waals surface area contributed by atoms with Crippen molar-refractivity contribution in [2.45, 2.75) is 37.6 Å². The van der Waals surface area contributed by atoms with Crippen molar-refractivity contribution in [3.05, 3.63) is 35.9 Å². The van der Waals surface area contributed by atoms with Crippen LogP contribution in [0.15, 0.2) is 30.3 Å². The Morgan fingerprint density at radius 3 is 1.33 bits per heavy atom. The van der Waals surface area contributed by atoms with E-state index in [-0.39, 0.29) is 91.6 Å². The van der Waals surface area contributed by atoms with E-state index >= 15 is 0 Å². The standard InChI is InChI=1S/C36H51N19/c37-16-5-12(25(43)31(49)22(16)14-7-19(40)30(48)34(52)27(14)45)10-1-3-11(4-2-10)54-55-36-21(42)8-15(28(46)35(36)53)23-17(38)6-13(26(44)32(23)50)24-18(39)9-20(41)29(47)33(24)51/h5-11,54-55H,1-4,37-53H2. The lowest BCUT2D eigenvalue weighted by Gasteiger charge is -2.31. The van der Waals surface area contributed by atoms with E-state index < -0.39 is 0 Å². The topological polar surface area (TPSA) is 466 Å². The molecule has 0 aromatic heterocycles. The van der Waals surface area contributed by atoms with Crippen molar-refractivity contribution >= 4 is 102 Å². The third-order valence-corrected chi connectivity index (χ3v) is 10.7. The van der Waals surface area contributed by atoms with E-state index in [1.54, 1.807) is 18.2 Å². The molecule has 6 rings (SSSR count). The minimum atomic E-state index is 0.0487. The van der Waals surface area contributed by atoms with Gasteiger partial charge in [0, 0.05) is 56.5 Å². The molecule has 19 heteroatoms. The first-order chi connectivity index (χ1) is 25.8. The highest BCUT2D eigenvalue weighted by Crippen LogP contribution is 2.51. The number of rotatable bonds is 7. The second-order valence-corrected chi connectivity index (χ2v) is 14.0. The Labute approximate surface area is 317 Å². The van der Waals surface area contributed by atoms with Crippen LogP contribution < -0.4 is 108 Å². The van der Waals surface area contributed by atoms with Gasteiger partial charge in [-0.3, -0.25) is 0 Å². The highest BCUT2D eigenvalue weighted by atomic mass is 15.4. The first-order valence-corrected chi connectivity index (χ1v) is 17.3. The molecule has 5 aromatic carbocycles. The normalized spacial score (nSPS) is 15.6. The van der Waals surface area contributed by atoms with Crippen molar-refractivity contribution < 1.29 is 0 Å². The highest BCUT2D eigenvalue weighted by Gasteiger charge is 2.28. The molecule has 0 spiro atoms. The lowest BCUT2D eigenvalue weighted by Crippen LogP contribution is -2.37. The Hall–Kier alpha value is -7.54. The Bertz CT molecular complexity index is 2380. The molecular formula is C36H51N19. The van der Waals surface area contributed by atoms with Gasteiger partial charge in [-0.25, -0.2) is 5.43 Å². The van der Waals surface area contributed by atoms with Gasteiger partial charge in [0.15, 0.2) is 0 Å². The van der Waals surface area contributed by atoms with E-state index in [1.807, 2.05) is 6.07 Å². The zero-order chi connectivity index (χ0) is 40.4. The number of anilines is 18. The summed E-state index contributed by atoms with van der Waals surface area (Å²) in [5.74, 6) is 0.0978. The maximum Gasteiger partial charge on any atom is 0.0973 e. The minimum absolute atomic E-state index is 0.0487. The fraction of sp³-hybridized carbons (Fsp3) is 0.167. The van der Waals surface area contributed by atoms with Crippen molar-refractivity contribution in [1.29, 1.82) is 0 Å². The van der Waals surface area contributed by atoms with E-state index in [4.69, 9.17) is 97.5 Å². The molecule has 1 fully saturated rings. The summed E-state index contributed by atoms with van der Waals surface area (Å²) >= 11 is 0. The van der Waals surface area contributed by atoms with Gasteiger partial charge in [0.2, 0.25) is 0 Å². The Kier molecular flexibility index (Phi) is 9.11. The van der Waals surface area contributed by atoms with Crippen LogP contribution in [-0.4, -0.2) is 6.04 Å². The Morgan fingerprint density at radius 1 is 0.345 bits per heavy atom. The summed E-state index contributed by atoms with van der Waals surface area (Å²) in [7, 11) is 0. The van der Waals surface area contributed by atoms with Crippen molar-refractivity contribution in [1.82, 2.24) is 5.43 Å². The number of hydrogen-bond donors (Lipinski definition) is 19. The second-order valence-electron chi connectivity index (χ2n) is 14.0. The predicted molar refractivity (Wildman–Crippen MR) is 236 cm³/mol. The van der Waals surface area contributed by atoms with Gasteiger partial charge in [-0.05, 0) is 67.5 Å². The summed E-state index contributed by atoms with van der Waals surface area (Å²) in [4.78, 5) is 0. The van der Waals surface area contributed by atoms with Gasteiger partial charge < -0.3 is 103 Å². The van der Waals surface area contributed by atoms with Crippen LogP contribution in [0.1, 0.15) is 37.2 Å². The third-order valence-electron chi connectivity index (χ3n) is 10.7. The van der Waals surface area contributed by atoms with E-state index in [2.05, 4.69) is 10.9 Å². The quantitative estimate of drug-likeness (QED) is 0.0837. The summed E-state index contributed by atoms with van der Waals surface area (Å²) in [6.07, 6.45) is 3.12. The van der Waals surface area contributed by atoms with Crippen LogP contribution in [0.4, 0.5) is 102 Å². The van der Waals surface area contributed by atoms with Crippen LogP contribution in [-0.2, 0) is 0 Å². The van der Waals surface area contributed by atoms with Gasteiger partial charge in [0.25, 0.3) is 0 Å². The predicted octanol–water partition coefficient (Wildman–Crippen LogP) is 2.23. The highest BCUT2D eigenvalue weighted by molar-refractivity contribution is 6.10. The molecule has 0 radical (unpaired) electrons. The van der Waals surface area contributed by atoms with Crippen LogP contribution in [0.2, 0.25) is 0 Å². The lowest BCUT2D eigenvalue weighted by atomic mass is 9.80. The number of hydrogen-bond acceptors (Lipinski definition) is 19.